The Hall–Kier alpha value is -1.87. The molecule has 1 aromatic carbocycles. The molecule has 2 rings (SSSR count). The summed E-state index contributed by atoms with van der Waals surface area (Å²) in [5, 5.41) is 0. The summed E-state index contributed by atoms with van der Waals surface area (Å²) in [7, 11) is 0. The highest BCUT2D eigenvalue weighted by Gasteiger charge is 2.27. The first kappa shape index (κ1) is 14.5. The molecule has 1 aromatic rings. The van der Waals surface area contributed by atoms with Crippen LogP contribution >= 0.6 is 0 Å². The van der Waals surface area contributed by atoms with Crippen LogP contribution in [0.2, 0.25) is 0 Å². The lowest BCUT2D eigenvalue weighted by Gasteiger charge is -2.33. The third-order valence-electron chi connectivity index (χ3n) is 3.24. The zero-order chi connectivity index (χ0) is 14.4. The van der Waals surface area contributed by atoms with Crippen LogP contribution in [0.3, 0.4) is 0 Å². The smallest absolute Gasteiger partial charge is 0.237 e. The SMILES string of the molecule is NCC#Cc1ccc(CN2CCOCC2C(N)=O)cc1. The zero-order valence-corrected chi connectivity index (χ0v) is 11.3. The number of nitrogens with two attached hydrogens (primary N) is 2. The van der Waals surface area contributed by atoms with Gasteiger partial charge < -0.3 is 16.2 Å². The van der Waals surface area contributed by atoms with E-state index >= 15 is 0 Å². The predicted octanol–water partition coefficient (Wildman–Crippen LogP) is -0.317. The molecular formula is C15H19N3O2. The number of hydrogen-bond acceptors (Lipinski definition) is 4. The number of benzene rings is 1. The van der Waals surface area contributed by atoms with Gasteiger partial charge in [-0.05, 0) is 17.7 Å². The number of primary amides is 1. The number of carbonyl (C=O) groups is 1. The quantitative estimate of drug-likeness (QED) is 0.740. The minimum atomic E-state index is -0.347. The Labute approximate surface area is 118 Å². The lowest BCUT2D eigenvalue weighted by molar-refractivity contribution is -0.129. The fraction of sp³-hybridized carbons (Fsp3) is 0.400. The van der Waals surface area contributed by atoms with Crippen molar-refractivity contribution in [1.29, 1.82) is 0 Å². The van der Waals surface area contributed by atoms with Gasteiger partial charge in [-0.15, -0.1) is 0 Å². The average molecular weight is 273 g/mol. The molecule has 1 fully saturated rings. The summed E-state index contributed by atoms with van der Waals surface area (Å²) in [6.07, 6.45) is 0. The van der Waals surface area contributed by atoms with Crippen LogP contribution in [0.4, 0.5) is 0 Å². The van der Waals surface area contributed by atoms with Crippen molar-refractivity contribution < 1.29 is 9.53 Å². The van der Waals surface area contributed by atoms with Crippen LogP contribution in [0.1, 0.15) is 11.1 Å². The Morgan fingerprint density at radius 3 is 2.80 bits per heavy atom. The molecular weight excluding hydrogens is 254 g/mol. The van der Waals surface area contributed by atoms with E-state index in [4.69, 9.17) is 16.2 Å². The highest BCUT2D eigenvalue weighted by Crippen LogP contribution is 2.13. The van der Waals surface area contributed by atoms with E-state index in [-0.39, 0.29) is 11.9 Å². The molecule has 1 unspecified atom stereocenters. The van der Waals surface area contributed by atoms with Crippen LogP contribution in [0, 0.1) is 11.8 Å². The zero-order valence-electron chi connectivity index (χ0n) is 11.3. The van der Waals surface area contributed by atoms with Crippen LogP contribution < -0.4 is 11.5 Å². The Balaban J connectivity index is 2.03. The van der Waals surface area contributed by atoms with Crippen molar-refractivity contribution >= 4 is 5.91 Å². The van der Waals surface area contributed by atoms with Gasteiger partial charge in [-0.1, -0.05) is 24.0 Å². The molecule has 0 radical (unpaired) electrons. The van der Waals surface area contributed by atoms with Crippen LogP contribution in [0.15, 0.2) is 24.3 Å². The first-order valence-electron chi connectivity index (χ1n) is 6.59. The molecule has 5 heteroatoms. The van der Waals surface area contributed by atoms with Crippen molar-refractivity contribution in [3.8, 4) is 11.8 Å². The molecule has 20 heavy (non-hydrogen) atoms. The van der Waals surface area contributed by atoms with Crippen LogP contribution in [0.5, 0.6) is 0 Å². The topological polar surface area (TPSA) is 81.6 Å². The number of amides is 1. The van der Waals surface area contributed by atoms with Gasteiger partial charge in [0.25, 0.3) is 0 Å². The minimum absolute atomic E-state index is 0.338. The van der Waals surface area contributed by atoms with E-state index in [9.17, 15) is 4.79 Å². The van der Waals surface area contributed by atoms with E-state index in [0.29, 0.717) is 32.8 Å². The molecule has 106 valence electrons. The summed E-state index contributed by atoms with van der Waals surface area (Å²) >= 11 is 0. The van der Waals surface area contributed by atoms with Gasteiger partial charge >= 0.3 is 0 Å². The average Bonchev–Trinajstić information content (AvgIpc) is 2.47. The van der Waals surface area contributed by atoms with E-state index in [0.717, 1.165) is 11.1 Å². The van der Waals surface area contributed by atoms with E-state index in [1.54, 1.807) is 0 Å². The summed E-state index contributed by atoms with van der Waals surface area (Å²) in [5.74, 6) is 5.46. The number of nitrogens with zero attached hydrogens (tertiary/aromatic N) is 1. The molecule has 0 spiro atoms. The monoisotopic (exact) mass is 273 g/mol. The predicted molar refractivity (Wildman–Crippen MR) is 76.6 cm³/mol. The van der Waals surface area contributed by atoms with Gasteiger partial charge in [0.05, 0.1) is 19.8 Å². The summed E-state index contributed by atoms with van der Waals surface area (Å²) in [6, 6.07) is 7.58. The summed E-state index contributed by atoms with van der Waals surface area (Å²) in [4.78, 5) is 13.4. The summed E-state index contributed by atoms with van der Waals surface area (Å²) in [5.41, 5.74) is 12.8. The highest BCUT2D eigenvalue weighted by molar-refractivity contribution is 5.80. The first-order valence-corrected chi connectivity index (χ1v) is 6.59. The van der Waals surface area contributed by atoms with Crippen molar-refractivity contribution in [2.75, 3.05) is 26.3 Å². The van der Waals surface area contributed by atoms with Gasteiger partial charge in [-0.2, -0.15) is 0 Å². The minimum Gasteiger partial charge on any atom is -0.378 e. The third-order valence-corrected chi connectivity index (χ3v) is 3.24. The van der Waals surface area contributed by atoms with E-state index in [2.05, 4.69) is 11.8 Å². The molecule has 1 aliphatic heterocycles. The van der Waals surface area contributed by atoms with Crippen molar-refractivity contribution in [1.82, 2.24) is 4.90 Å². The third kappa shape index (κ3) is 3.81. The number of ether oxygens (including phenoxy) is 1. The number of rotatable bonds is 3. The van der Waals surface area contributed by atoms with Crippen LogP contribution in [-0.2, 0) is 16.1 Å². The first-order chi connectivity index (χ1) is 9.70. The van der Waals surface area contributed by atoms with Crippen LogP contribution in [0.25, 0.3) is 0 Å². The van der Waals surface area contributed by atoms with E-state index in [1.807, 2.05) is 29.2 Å². The van der Waals surface area contributed by atoms with Crippen molar-refractivity contribution in [3.05, 3.63) is 35.4 Å². The van der Waals surface area contributed by atoms with Gasteiger partial charge in [-0.3, -0.25) is 9.69 Å². The molecule has 1 saturated heterocycles. The normalized spacial score (nSPS) is 19.1. The number of hydrogen-bond donors (Lipinski definition) is 2. The molecule has 1 heterocycles. The Bertz CT molecular complexity index is 516. The van der Waals surface area contributed by atoms with Gasteiger partial charge in [0.15, 0.2) is 0 Å². The second kappa shape index (κ2) is 7.06. The maximum atomic E-state index is 11.4. The number of carbonyl (C=O) groups excluding carboxylic acids is 1. The van der Waals surface area contributed by atoms with Gasteiger partial charge in [-0.25, -0.2) is 0 Å². The molecule has 5 nitrogen and oxygen atoms in total. The lowest BCUT2D eigenvalue weighted by Crippen LogP contribution is -2.51. The van der Waals surface area contributed by atoms with Gasteiger partial charge in [0, 0.05) is 18.7 Å². The molecule has 0 aliphatic carbocycles. The molecule has 0 bridgehead atoms. The second-order valence-electron chi connectivity index (χ2n) is 4.67. The maximum absolute atomic E-state index is 11.4. The van der Waals surface area contributed by atoms with Crippen molar-refractivity contribution in [2.45, 2.75) is 12.6 Å². The molecule has 0 saturated carbocycles. The molecule has 1 amide bonds. The Morgan fingerprint density at radius 1 is 1.40 bits per heavy atom. The van der Waals surface area contributed by atoms with Gasteiger partial charge in [0.2, 0.25) is 5.91 Å². The summed E-state index contributed by atoms with van der Waals surface area (Å²) in [6.45, 7) is 2.75. The standard InChI is InChI=1S/C15H19N3O2/c16-7-1-2-12-3-5-13(6-4-12)10-18-8-9-20-11-14(18)15(17)19/h3-6,14H,7-11,16H2,(H2,17,19). The molecule has 0 aromatic heterocycles. The maximum Gasteiger partial charge on any atom is 0.237 e. The van der Waals surface area contributed by atoms with Gasteiger partial charge in [0.1, 0.15) is 6.04 Å². The Kier molecular flexibility index (Phi) is 5.13. The lowest BCUT2D eigenvalue weighted by atomic mass is 10.1. The van der Waals surface area contributed by atoms with Crippen LogP contribution in [-0.4, -0.2) is 43.2 Å². The number of morpholine rings is 1. The molecule has 1 aliphatic rings. The van der Waals surface area contributed by atoms with Crippen molar-refractivity contribution in [2.24, 2.45) is 11.5 Å². The van der Waals surface area contributed by atoms with Crippen molar-refractivity contribution in [3.63, 3.8) is 0 Å². The second-order valence-corrected chi connectivity index (χ2v) is 4.67. The molecule has 1 atom stereocenters. The fourth-order valence-corrected chi connectivity index (χ4v) is 2.17. The van der Waals surface area contributed by atoms with E-state index < -0.39 is 0 Å². The molecule has 4 N–H and O–H groups in total. The highest BCUT2D eigenvalue weighted by atomic mass is 16.5. The largest absolute Gasteiger partial charge is 0.378 e. The summed E-state index contributed by atoms with van der Waals surface area (Å²) < 4.78 is 5.30. The fourth-order valence-electron chi connectivity index (χ4n) is 2.17. The Morgan fingerprint density at radius 2 is 2.15 bits per heavy atom. The van der Waals surface area contributed by atoms with E-state index in [1.165, 1.54) is 0 Å².